The Bertz CT molecular complexity index is 515. The van der Waals surface area contributed by atoms with Crippen molar-refractivity contribution in [3.05, 3.63) is 28.0 Å². The molecule has 1 aromatic rings. The number of ether oxygens (including phenoxy) is 2. The molecule has 1 rings (SSSR count). The summed E-state index contributed by atoms with van der Waals surface area (Å²) in [4.78, 5) is 4.40. The molecule has 1 heterocycles. The Balaban J connectivity index is 2.93. The van der Waals surface area contributed by atoms with E-state index in [2.05, 4.69) is 32.8 Å². The van der Waals surface area contributed by atoms with Crippen LogP contribution in [0.15, 0.2) is 16.7 Å². The highest BCUT2D eigenvalue weighted by atomic mass is 79.9. The number of nitrogens with zero attached hydrogens (tertiary/aromatic N) is 1. The molecule has 0 fully saturated rings. The van der Waals surface area contributed by atoms with Crippen LogP contribution in [0.2, 0.25) is 0 Å². The van der Waals surface area contributed by atoms with E-state index in [1.165, 1.54) is 0 Å². The number of hydrogen-bond acceptors (Lipinski definition) is 3. The van der Waals surface area contributed by atoms with Crippen LogP contribution >= 0.6 is 15.9 Å². The second kappa shape index (κ2) is 7.21. The highest BCUT2D eigenvalue weighted by molar-refractivity contribution is 9.10. The van der Waals surface area contributed by atoms with Gasteiger partial charge in [-0.25, -0.2) is 0 Å². The lowest BCUT2D eigenvalue weighted by Crippen LogP contribution is -2.25. The predicted octanol–water partition coefficient (Wildman–Crippen LogP) is 4.11. The maximum absolute atomic E-state index is 5.74. The molecule has 0 aromatic carbocycles. The van der Waals surface area contributed by atoms with Gasteiger partial charge in [0.1, 0.15) is 5.60 Å². The van der Waals surface area contributed by atoms with Gasteiger partial charge in [0.05, 0.1) is 17.9 Å². The SMILES string of the molecule is CO[C@@H](C)c1ncc(C#CC(C)(C)OC(C)C)cc1Br. The van der Waals surface area contributed by atoms with Crippen molar-refractivity contribution in [3.63, 3.8) is 0 Å². The molecule has 0 aliphatic heterocycles. The molecular formula is C16H22BrNO2. The lowest BCUT2D eigenvalue weighted by atomic mass is 10.1. The molecule has 0 bridgehead atoms. The summed E-state index contributed by atoms with van der Waals surface area (Å²) >= 11 is 3.51. The molecular weight excluding hydrogens is 318 g/mol. The quantitative estimate of drug-likeness (QED) is 0.773. The van der Waals surface area contributed by atoms with Gasteiger partial charge in [0.25, 0.3) is 0 Å². The minimum atomic E-state index is -0.473. The van der Waals surface area contributed by atoms with E-state index in [-0.39, 0.29) is 12.2 Å². The fourth-order valence-electron chi connectivity index (χ4n) is 1.77. The summed E-state index contributed by atoms with van der Waals surface area (Å²) < 4.78 is 11.9. The van der Waals surface area contributed by atoms with E-state index in [1.807, 2.05) is 40.7 Å². The summed E-state index contributed by atoms with van der Waals surface area (Å²) in [5.74, 6) is 6.24. The molecule has 1 aromatic heterocycles. The zero-order valence-electron chi connectivity index (χ0n) is 13.0. The molecule has 3 nitrogen and oxygen atoms in total. The van der Waals surface area contributed by atoms with Crippen molar-refractivity contribution in [1.29, 1.82) is 0 Å². The number of aromatic nitrogens is 1. The Hall–Kier alpha value is -0.890. The summed E-state index contributed by atoms with van der Waals surface area (Å²) in [6.45, 7) is 9.89. The fourth-order valence-corrected chi connectivity index (χ4v) is 2.44. The van der Waals surface area contributed by atoms with Crippen molar-refractivity contribution in [2.75, 3.05) is 7.11 Å². The van der Waals surface area contributed by atoms with Crippen molar-refractivity contribution >= 4 is 15.9 Å². The molecule has 0 unspecified atom stereocenters. The van der Waals surface area contributed by atoms with Crippen LogP contribution in [0.5, 0.6) is 0 Å². The average Bonchev–Trinajstić information content (AvgIpc) is 2.34. The van der Waals surface area contributed by atoms with Crippen molar-refractivity contribution in [1.82, 2.24) is 4.98 Å². The summed E-state index contributed by atoms with van der Waals surface area (Å²) in [6.07, 6.45) is 1.86. The predicted molar refractivity (Wildman–Crippen MR) is 84.5 cm³/mol. The summed E-state index contributed by atoms with van der Waals surface area (Å²) in [5.41, 5.74) is 1.25. The number of methoxy groups -OCH3 is 1. The normalized spacial score (nSPS) is 13.0. The molecule has 0 aliphatic carbocycles. The van der Waals surface area contributed by atoms with Crippen molar-refractivity contribution in [2.45, 2.75) is 52.4 Å². The minimum absolute atomic E-state index is 0.0490. The number of rotatable bonds is 4. The van der Waals surface area contributed by atoms with Crippen LogP contribution in [0.4, 0.5) is 0 Å². The van der Waals surface area contributed by atoms with E-state index < -0.39 is 5.60 Å². The van der Waals surface area contributed by atoms with Crippen molar-refractivity contribution < 1.29 is 9.47 Å². The first-order valence-corrected chi connectivity index (χ1v) is 7.43. The van der Waals surface area contributed by atoms with Gasteiger partial charge in [0.2, 0.25) is 0 Å². The highest BCUT2D eigenvalue weighted by Gasteiger charge is 2.16. The molecule has 20 heavy (non-hydrogen) atoms. The first-order valence-electron chi connectivity index (χ1n) is 6.64. The van der Waals surface area contributed by atoms with E-state index in [0.29, 0.717) is 0 Å². The van der Waals surface area contributed by atoms with Crippen LogP contribution in [-0.4, -0.2) is 23.8 Å². The Kier molecular flexibility index (Phi) is 6.19. The molecule has 0 aliphatic rings. The molecule has 110 valence electrons. The topological polar surface area (TPSA) is 31.4 Å². The Labute approximate surface area is 130 Å². The van der Waals surface area contributed by atoms with E-state index in [4.69, 9.17) is 9.47 Å². The standard InChI is InChI=1S/C16H22BrNO2/c1-11(2)20-16(4,5)8-7-13-9-14(17)15(18-10-13)12(3)19-6/h9-12H,1-6H3/t12-/m0/s1. The van der Waals surface area contributed by atoms with Crippen LogP contribution in [0.25, 0.3) is 0 Å². The number of halogens is 1. The third-order valence-electron chi connectivity index (χ3n) is 2.65. The minimum Gasteiger partial charge on any atom is -0.375 e. The van der Waals surface area contributed by atoms with Crippen LogP contribution < -0.4 is 0 Å². The van der Waals surface area contributed by atoms with Gasteiger partial charge in [0, 0.05) is 23.3 Å². The maximum atomic E-state index is 5.74. The monoisotopic (exact) mass is 339 g/mol. The Morgan fingerprint density at radius 2 is 1.95 bits per heavy atom. The van der Waals surface area contributed by atoms with E-state index in [0.717, 1.165) is 15.7 Å². The van der Waals surface area contributed by atoms with Crippen molar-refractivity contribution in [2.24, 2.45) is 0 Å². The smallest absolute Gasteiger partial charge is 0.123 e. The maximum Gasteiger partial charge on any atom is 0.123 e. The fraction of sp³-hybridized carbons (Fsp3) is 0.562. The lowest BCUT2D eigenvalue weighted by molar-refractivity contribution is -0.0161. The lowest BCUT2D eigenvalue weighted by Gasteiger charge is -2.21. The molecule has 0 amide bonds. The molecule has 0 N–H and O–H groups in total. The van der Waals surface area contributed by atoms with Gasteiger partial charge < -0.3 is 9.47 Å². The zero-order chi connectivity index (χ0) is 15.3. The third kappa shape index (κ3) is 5.24. The van der Waals surface area contributed by atoms with Crippen molar-refractivity contribution in [3.8, 4) is 11.8 Å². The van der Waals surface area contributed by atoms with Gasteiger partial charge in [-0.1, -0.05) is 11.8 Å². The van der Waals surface area contributed by atoms with Gasteiger partial charge in [-0.15, -0.1) is 0 Å². The average molecular weight is 340 g/mol. The summed E-state index contributed by atoms with van der Waals surface area (Å²) in [6, 6.07) is 1.95. The van der Waals surface area contributed by atoms with Gasteiger partial charge in [-0.05, 0) is 56.6 Å². The summed E-state index contributed by atoms with van der Waals surface area (Å²) in [7, 11) is 1.66. The van der Waals surface area contributed by atoms with Crippen LogP contribution in [0.3, 0.4) is 0 Å². The summed E-state index contributed by atoms with van der Waals surface area (Å²) in [5, 5.41) is 0. The zero-order valence-corrected chi connectivity index (χ0v) is 14.5. The van der Waals surface area contributed by atoms with Crippen LogP contribution in [-0.2, 0) is 9.47 Å². The van der Waals surface area contributed by atoms with Gasteiger partial charge >= 0.3 is 0 Å². The van der Waals surface area contributed by atoms with E-state index >= 15 is 0 Å². The van der Waals surface area contributed by atoms with Crippen LogP contribution in [0, 0.1) is 11.8 Å². The third-order valence-corrected chi connectivity index (χ3v) is 3.28. The number of pyridine rings is 1. The molecule has 0 spiro atoms. The first-order chi connectivity index (χ1) is 9.25. The second-order valence-corrected chi connectivity index (χ2v) is 6.25. The van der Waals surface area contributed by atoms with Gasteiger partial charge in [0.15, 0.2) is 0 Å². The molecule has 0 saturated carbocycles. The van der Waals surface area contributed by atoms with E-state index in [9.17, 15) is 0 Å². The first kappa shape index (κ1) is 17.2. The van der Waals surface area contributed by atoms with Gasteiger partial charge in [-0.2, -0.15) is 0 Å². The van der Waals surface area contributed by atoms with Crippen LogP contribution in [0.1, 0.15) is 52.0 Å². The highest BCUT2D eigenvalue weighted by Crippen LogP contribution is 2.23. The molecule has 0 saturated heterocycles. The van der Waals surface area contributed by atoms with E-state index in [1.54, 1.807) is 13.3 Å². The second-order valence-electron chi connectivity index (χ2n) is 5.40. The largest absolute Gasteiger partial charge is 0.375 e. The Morgan fingerprint density at radius 3 is 2.45 bits per heavy atom. The molecule has 4 heteroatoms. The number of hydrogen-bond donors (Lipinski definition) is 0. The molecule has 0 radical (unpaired) electrons. The molecule has 1 atom stereocenters. The Morgan fingerprint density at radius 1 is 1.30 bits per heavy atom. The van der Waals surface area contributed by atoms with Gasteiger partial charge in [-0.3, -0.25) is 4.98 Å².